The van der Waals surface area contributed by atoms with Crippen molar-refractivity contribution in [2.24, 2.45) is 0 Å². The molecule has 0 unspecified atom stereocenters. The number of piperidine rings is 1. The number of benzene rings is 1. The third-order valence-electron chi connectivity index (χ3n) is 5.25. The summed E-state index contributed by atoms with van der Waals surface area (Å²) < 4.78 is 37.9. The number of nitrogens with one attached hydrogen (secondary N) is 1. The van der Waals surface area contributed by atoms with Gasteiger partial charge in [-0.15, -0.1) is 0 Å². The van der Waals surface area contributed by atoms with Crippen molar-refractivity contribution in [2.45, 2.75) is 50.1 Å². The first kappa shape index (κ1) is 18.5. The van der Waals surface area contributed by atoms with Crippen LogP contribution in [0.5, 0.6) is 0 Å². The first-order valence-electron chi connectivity index (χ1n) is 9.25. The second-order valence-electron chi connectivity index (χ2n) is 7.55. The van der Waals surface area contributed by atoms with E-state index in [0.29, 0.717) is 37.0 Å². The Kier molecular flexibility index (Phi) is 4.73. The molecular formula is C19H24N2O5S. The van der Waals surface area contributed by atoms with Crippen LogP contribution in [0.2, 0.25) is 0 Å². The molecule has 2 bridgehead atoms. The Morgan fingerprint density at radius 2 is 1.89 bits per heavy atom. The van der Waals surface area contributed by atoms with Crippen molar-refractivity contribution in [3.63, 3.8) is 0 Å². The molecule has 3 atom stereocenters. The molecule has 1 aromatic carbocycles. The van der Waals surface area contributed by atoms with Crippen LogP contribution in [-0.4, -0.2) is 55.0 Å². The van der Waals surface area contributed by atoms with Gasteiger partial charge in [0.25, 0.3) is 0 Å². The monoisotopic (exact) mass is 392 g/mol. The molecule has 0 aliphatic carbocycles. The van der Waals surface area contributed by atoms with E-state index in [1.807, 2.05) is 0 Å². The Morgan fingerprint density at radius 3 is 2.56 bits per heavy atom. The lowest BCUT2D eigenvalue weighted by Crippen LogP contribution is -2.56. The number of hydrogen-bond acceptors (Lipinski definition) is 6. The summed E-state index contributed by atoms with van der Waals surface area (Å²) in [5, 5.41) is 3.45. The summed E-state index contributed by atoms with van der Waals surface area (Å²) in [5.74, 6) is -0.477. The summed E-state index contributed by atoms with van der Waals surface area (Å²) in [6, 6.07) is 7.40. The minimum absolute atomic E-state index is 0.193. The molecule has 8 heteroatoms. The van der Waals surface area contributed by atoms with Crippen LogP contribution in [0.4, 0.5) is 0 Å². The fourth-order valence-corrected chi connectivity index (χ4v) is 4.99. The van der Waals surface area contributed by atoms with Gasteiger partial charge >= 0.3 is 5.97 Å². The number of nitrogens with zero attached hydrogens (tertiary/aromatic N) is 1. The van der Waals surface area contributed by atoms with Gasteiger partial charge in [0, 0.05) is 36.5 Å². The predicted octanol–water partition coefficient (Wildman–Crippen LogP) is 1.90. The Hall–Kier alpha value is -1.90. The van der Waals surface area contributed by atoms with Gasteiger partial charge in [0.15, 0.2) is 0 Å². The van der Waals surface area contributed by atoms with E-state index in [1.54, 1.807) is 38.1 Å². The van der Waals surface area contributed by atoms with E-state index in [2.05, 4.69) is 5.32 Å². The van der Waals surface area contributed by atoms with Crippen LogP contribution >= 0.6 is 0 Å². The molecule has 1 N–H and O–H groups in total. The Labute approximate surface area is 158 Å². The van der Waals surface area contributed by atoms with Crippen molar-refractivity contribution in [1.29, 1.82) is 0 Å². The van der Waals surface area contributed by atoms with Gasteiger partial charge in [-0.1, -0.05) is 18.2 Å². The van der Waals surface area contributed by atoms with Gasteiger partial charge in [0.1, 0.15) is 6.10 Å². The lowest BCUT2D eigenvalue weighted by atomic mass is 9.94. The molecule has 27 heavy (non-hydrogen) atoms. The molecule has 2 saturated heterocycles. The van der Waals surface area contributed by atoms with Crippen molar-refractivity contribution >= 4 is 26.9 Å². The predicted molar refractivity (Wildman–Crippen MR) is 101 cm³/mol. The molecule has 7 nitrogen and oxygen atoms in total. The molecule has 2 fully saturated rings. The van der Waals surface area contributed by atoms with Crippen LogP contribution in [0.15, 0.2) is 30.5 Å². The Morgan fingerprint density at radius 1 is 1.22 bits per heavy atom. The molecule has 0 spiro atoms. The Bertz CT molecular complexity index is 954. The highest BCUT2D eigenvalue weighted by Crippen LogP contribution is 2.27. The number of esters is 1. The van der Waals surface area contributed by atoms with Crippen LogP contribution in [-0.2, 0) is 19.5 Å². The molecule has 146 valence electrons. The first-order chi connectivity index (χ1) is 12.9. The van der Waals surface area contributed by atoms with Crippen molar-refractivity contribution in [3.8, 4) is 0 Å². The maximum atomic E-state index is 12.9. The van der Waals surface area contributed by atoms with E-state index < -0.39 is 21.2 Å². The zero-order chi connectivity index (χ0) is 19.2. The molecule has 2 aliphatic heterocycles. The third-order valence-corrected chi connectivity index (χ3v) is 7.29. The van der Waals surface area contributed by atoms with E-state index in [0.717, 1.165) is 0 Å². The quantitative estimate of drug-likeness (QED) is 0.800. The van der Waals surface area contributed by atoms with Crippen molar-refractivity contribution in [2.75, 3.05) is 13.2 Å². The number of rotatable bonds is 4. The largest absolute Gasteiger partial charge is 0.459 e. The Balaban J connectivity index is 1.64. The van der Waals surface area contributed by atoms with E-state index in [4.69, 9.17) is 9.47 Å². The van der Waals surface area contributed by atoms with Crippen LogP contribution in [0.25, 0.3) is 10.9 Å². The molecule has 2 aliphatic rings. The van der Waals surface area contributed by atoms with Gasteiger partial charge in [-0.25, -0.2) is 17.2 Å². The lowest BCUT2D eigenvalue weighted by molar-refractivity contribution is -0.0339. The summed E-state index contributed by atoms with van der Waals surface area (Å²) in [5.41, 5.74) is 0.781. The minimum Gasteiger partial charge on any atom is -0.459 e. The fourth-order valence-electron chi connectivity index (χ4n) is 3.85. The topological polar surface area (TPSA) is 86.6 Å². The summed E-state index contributed by atoms with van der Waals surface area (Å²) >= 11 is 0. The summed E-state index contributed by atoms with van der Waals surface area (Å²) in [6.45, 7) is 4.49. The highest BCUT2D eigenvalue weighted by molar-refractivity contribution is 7.90. The average molecular weight is 392 g/mol. The maximum absolute atomic E-state index is 12.9. The van der Waals surface area contributed by atoms with Gasteiger partial charge in [-0.3, -0.25) is 0 Å². The van der Waals surface area contributed by atoms with Gasteiger partial charge < -0.3 is 14.8 Å². The second kappa shape index (κ2) is 6.92. The SMILES string of the molecule is CC(C)S(=O)(=O)n1cc(C(=O)O[C@H]2C[C@H]3COC[C@@H](C2)N3)c2ccccc21. The van der Waals surface area contributed by atoms with Crippen molar-refractivity contribution in [3.05, 3.63) is 36.0 Å². The van der Waals surface area contributed by atoms with E-state index in [9.17, 15) is 13.2 Å². The molecule has 3 heterocycles. The molecule has 4 rings (SSSR count). The number of carbonyl (C=O) groups excluding carboxylic acids is 1. The second-order valence-corrected chi connectivity index (χ2v) is 9.91. The normalized spacial score (nSPS) is 25.7. The standard InChI is InChI=1S/C19H24N2O5S/c1-12(2)27(23,24)21-9-17(16-5-3-4-6-18(16)21)19(22)26-15-7-13-10-25-11-14(8-15)20-13/h3-6,9,12-15,20H,7-8,10-11H2,1-2H3/t13-,14+,15-. The average Bonchev–Trinajstić information content (AvgIpc) is 3.02. The van der Waals surface area contributed by atoms with E-state index in [1.165, 1.54) is 10.2 Å². The molecular weight excluding hydrogens is 368 g/mol. The smallest absolute Gasteiger partial charge is 0.340 e. The van der Waals surface area contributed by atoms with E-state index in [-0.39, 0.29) is 23.8 Å². The number of para-hydroxylation sites is 1. The fraction of sp³-hybridized carbons (Fsp3) is 0.526. The number of morpholine rings is 1. The highest BCUT2D eigenvalue weighted by Gasteiger charge is 2.34. The van der Waals surface area contributed by atoms with Crippen LogP contribution in [0.1, 0.15) is 37.0 Å². The summed E-state index contributed by atoms with van der Waals surface area (Å²) in [4.78, 5) is 12.9. The van der Waals surface area contributed by atoms with Crippen LogP contribution in [0, 0.1) is 0 Å². The third kappa shape index (κ3) is 3.37. The molecule has 2 aromatic rings. The van der Waals surface area contributed by atoms with Gasteiger partial charge in [-0.05, 0) is 19.9 Å². The number of ether oxygens (including phenoxy) is 2. The van der Waals surface area contributed by atoms with Crippen molar-refractivity contribution in [1.82, 2.24) is 9.29 Å². The summed E-state index contributed by atoms with van der Waals surface area (Å²) in [6.07, 6.45) is 2.60. The zero-order valence-corrected chi connectivity index (χ0v) is 16.2. The first-order valence-corrected chi connectivity index (χ1v) is 10.8. The number of fused-ring (bicyclic) bond motifs is 3. The van der Waals surface area contributed by atoms with Gasteiger partial charge in [0.05, 0.1) is 29.5 Å². The molecule has 0 saturated carbocycles. The van der Waals surface area contributed by atoms with E-state index >= 15 is 0 Å². The molecule has 0 amide bonds. The minimum atomic E-state index is -3.58. The zero-order valence-electron chi connectivity index (χ0n) is 15.4. The number of carbonyl (C=O) groups is 1. The maximum Gasteiger partial charge on any atom is 0.340 e. The van der Waals surface area contributed by atoms with Crippen LogP contribution < -0.4 is 5.32 Å². The number of aromatic nitrogens is 1. The highest BCUT2D eigenvalue weighted by atomic mass is 32.2. The van der Waals surface area contributed by atoms with Crippen molar-refractivity contribution < 1.29 is 22.7 Å². The van der Waals surface area contributed by atoms with Gasteiger partial charge in [-0.2, -0.15) is 0 Å². The summed E-state index contributed by atoms with van der Waals surface area (Å²) in [7, 11) is -3.58. The lowest BCUT2D eigenvalue weighted by Gasteiger charge is -2.39. The molecule has 1 aromatic heterocycles. The number of hydrogen-bond donors (Lipinski definition) is 1. The molecule has 0 radical (unpaired) electrons. The van der Waals surface area contributed by atoms with Crippen LogP contribution in [0.3, 0.4) is 0 Å². The van der Waals surface area contributed by atoms with Gasteiger partial charge in [0.2, 0.25) is 10.0 Å².